The van der Waals surface area contributed by atoms with Crippen molar-refractivity contribution in [2.24, 2.45) is 0 Å². The van der Waals surface area contributed by atoms with Crippen LogP contribution >= 0.6 is 11.8 Å². The molecule has 130 valence electrons. The van der Waals surface area contributed by atoms with Crippen molar-refractivity contribution in [2.45, 2.75) is 69.8 Å². The molecule has 2 rings (SSSR count). The number of thioether (sulfide) groups is 1. The van der Waals surface area contributed by atoms with Gasteiger partial charge in [0.25, 0.3) is 0 Å². The van der Waals surface area contributed by atoms with E-state index in [9.17, 15) is 4.79 Å². The summed E-state index contributed by atoms with van der Waals surface area (Å²) < 4.78 is 7.55. The molecule has 1 aliphatic rings. The number of nitrogens with one attached hydrogen (secondary N) is 1. The van der Waals surface area contributed by atoms with Gasteiger partial charge in [0.15, 0.2) is 0 Å². The molecule has 6 heteroatoms. The van der Waals surface area contributed by atoms with Gasteiger partial charge in [-0.3, -0.25) is 0 Å². The van der Waals surface area contributed by atoms with Gasteiger partial charge in [-0.15, -0.1) is 0 Å². The van der Waals surface area contributed by atoms with E-state index in [1.54, 1.807) is 0 Å². The third kappa shape index (κ3) is 5.75. The van der Waals surface area contributed by atoms with Gasteiger partial charge in [-0.2, -0.15) is 11.8 Å². The first-order valence-electron chi connectivity index (χ1n) is 8.39. The molecule has 0 bridgehead atoms. The second-order valence-corrected chi connectivity index (χ2v) is 8.28. The van der Waals surface area contributed by atoms with Crippen molar-refractivity contribution in [2.75, 3.05) is 12.8 Å². The van der Waals surface area contributed by atoms with Crippen LogP contribution in [0.3, 0.4) is 0 Å². The van der Waals surface area contributed by atoms with E-state index < -0.39 is 5.60 Å². The van der Waals surface area contributed by atoms with Crippen LogP contribution in [0.2, 0.25) is 0 Å². The summed E-state index contributed by atoms with van der Waals surface area (Å²) in [4.78, 5) is 16.0. The molecule has 0 radical (unpaired) electrons. The number of amides is 1. The Hall–Kier alpha value is -1.17. The number of nitrogens with zero attached hydrogens (tertiary/aromatic N) is 2. The smallest absolute Gasteiger partial charge is 0.407 e. The summed E-state index contributed by atoms with van der Waals surface area (Å²) in [5.41, 5.74) is 0.732. The molecule has 0 saturated heterocycles. The van der Waals surface area contributed by atoms with Crippen LogP contribution in [0, 0.1) is 0 Å². The van der Waals surface area contributed by atoms with Crippen molar-refractivity contribution in [3.63, 3.8) is 0 Å². The highest BCUT2D eigenvalue weighted by atomic mass is 32.2. The number of alkyl carbamates (subject to hydrolysis) is 1. The van der Waals surface area contributed by atoms with Gasteiger partial charge in [0.05, 0.1) is 6.33 Å². The van der Waals surface area contributed by atoms with Crippen molar-refractivity contribution in [1.82, 2.24) is 14.9 Å². The molecule has 1 saturated carbocycles. The summed E-state index contributed by atoms with van der Waals surface area (Å²) in [6.07, 6.45) is 11.5. The molecule has 1 aromatic heterocycles. The molecule has 0 aromatic carbocycles. The van der Waals surface area contributed by atoms with E-state index in [2.05, 4.69) is 21.1 Å². The Bertz CT molecular complexity index is 502. The molecule has 0 spiro atoms. The third-order valence-electron chi connectivity index (χ3n) is 4.17. The van der Waals surface area contributed by atoms with Gasteiger partial charge in [-0.1, -0.05) is 0 Å². The number of carbonyl (C=O) groups excluding carboxylic acids is 1. The van der Waals surface area contributed by atoms with Crippen molar-refractivity contribution in [3.8, 4) is 0 Å². The highest BCUT2D eigenvalue weighted by Crippen LogP contribution is 2.34. The molecule has 23 heavy (non-hydrogen) atoms. The number of hydrogen-bond acceptors (Lipinski definition) is 4. The van der Waals surface area contributed by atoms with E-state index in [-0.39, 0.29) is 6.09 Å². The molecule has 1 aromatic rings. The zero-order chi connectivity index (χ0) is 16.9. The minimum atomic E-state index is -0.457. The molecule has 0 aliphatic heterocycles. The summed E-state index contributed by atoms with van der Waals surface area (Å²) in [5.74, 6) is 0. The third-order valence-corrected chi connectivity index (χ3v) is 5.30. The van der Waals surface area contributed by atoms with E-state index >= 15 is 0 Å². The first-order chi connectivity index (χ1) is 10.9. The van der Waals surface area contributed by atoms with Crippen LogP contribution in [0.4, 0.5) is 4.79 Å². The van der Waals surface area contributed by atoms with Crippen LogP contribution in [0.15, 0.2) is 12.5 Å². The largest absolute Gasteiger partial charge is 0.444 e. The first kappa shape index (κ1) is 18.2. The predicted molar refractivity (Wildman–Crippen MR) is 95.0 cm³/mol. The molecule has 1 heterocycles. The summed E-state index contributed by atoms with van der Waals surface area (Å²) >= 11 is 1.98. The van der Waals surface area contributed by atoms with Crippen molar-refractivity contribution in [3.05, 3.63) is 18.2 Å². The van der Waals surface area contributed by atoms with Crippen molar-refractivity contribution in [1.29, 1.82) is 0 Å². The Morgan fingerprint density at radius 2 is 2.09 bits per heavy atom. The number of imidazole rings is 1. The average molecular weight is 340 g/mol. The molecule has 0 atom stereocenters. The molecule has 1 aliphatic carbocycles. The summed E-state index contributed by atoms with van der Waals surface area (Å²) in [6, 6.07) is 0.553. The number of hydrogen-bond donors (Lipinski definition) is 1. The minimum absolute atomic E-state index is 0.357. The lowest BCUT2D eigenvalue weighted by molar-refractivity contribution is 0.0528. The van der Waals surface area contributed by atoms with E-state index in [4.69, 9.17) is 4.74 Å². The lowest BCUT2D eigenvalue weighted by atomic mass is 9.94. The van der Waals surface area contributed by atoms with Crippen LogP contribution in [0.25, 0.3) is 0 Å². The number of aromatic nitrogens is 2. The molecular weight excluding hydrogens is 310 g/mol. The molecule has 1 N–H and O–H groups in total. The molecule has 0 unspecified atom stereocenters. The fourth-order valence-corrected chi connectivity index (χ4v) is 3.76. The summed E-state index contributed by atoms with van der Waals surface area (Å²) in [7, 11) is 0. The van der Waals surface area contributed by atoms with E-state index in [0.717, 1.165) is 11.7 Å². The molecule has 1 fully saturated rings. The number of ether oxygens (including phenoxy) is 1. The lowest BCUT2D eigenvalue weighted by Gasteiger charge is -2.29. The molecular formula is C17H29N3O2S. The van der Waals surface area contributed by atoms with Crippen LogP contribution in [0.5, 0.6) is 0 Å². The van der Waals surface area contributed by atoms with Crippen LogP contribution in [0.1, 0.15) is 58.2 Å². The highest BCUT2D eigenvalue weighted by Gasteiger charge is 2.23. The first-order valence-corrected chi connectivity index (χ1v) is 9.68. The normalized spacial score (nSPS) is 21.9. The Labute approximate surface area is 143 Å². The Morgan fingerprint density at radius 3 is 2.70 bits per heavy atom. The average Bonchev–Trinajstić information content (AvgIpc) is 2.94. The lowest BCUT2D eigenvalue weighted by Crippen LogP contribution is -2.33. The highest BCUT2D eigenvalue weighted by molar-refractivity contribution is 7.99. The number of carbonyl (C=O) groups is 1. The van der Waals surface area contributed by atoms with Gasteiger partial charge in [0.2, 0.25) is 0 Å². The van der Waals surface area contributed by atoms with Crippen LogP contribution < -0.4 is 5.32 Å². The fraction of sp³-hybridized carbons (Fsp3) is 0.765. The van der Waals surface area contributed by atoms with Gasteiger partial charge < -0.3 is 14.6 Å². The maximum absolute atomic E-state index is 11.7. The van der Waals surface area contributed by atoms with E-state index in [1.165, 1.54) is 31.4 Å². The zero-order valence-corrected chi connectivity index (χ0v) is 15.5. The number of rotatable bonds is 5. The topological polar surface area (TPSA) is 56.2 Å². The maximum Gasteiger partial charge on any atom is 0.407 e. The second kappa shape index (κ2) is 8.08. The summed E-state index contributed by atoms with van der Waals surface area (Å²) in [6.45, 7) is 6.17. The molecule has 1 amide bonds. The Balaban J connectivity index is 1.81. The Kier molecular flexibility index (Phi) is 6.39. The SMILES string of the molecule is CSC1CCC(n2cncc2CCNC(=O)OC(C)(C)C)CC1. The van der Waals surface area contributed by atoms with Gasteiger partial charge >= 0.3 is 6.09 Å². The van der Waals surface area contributed by atoms with E-state index in [1.807, 2.05) is 45.1 Å². The van der Waals surface area contributed by atoms with Crippen LogP contribution in [-0.2, 0) is 11.2 Å². The quantitative estimate of drug-likeness (QED) is 0.886. The van der Waals surface area contributed by atoms with Gasteiger partial charge in [-0.05, 0) is 52.7 Å². The second-order valence-electron chi connectivity index (χ2n) is 7.14. The monoisotopic (exact) mass is 339 g/mol. The molecule has 5 nitrogen and oxygen atoms in total. The Morgan fingerprint density at radius 1 is 1.39 bits per heavy atom. The van der Waals surface area contributed by atoms with E-state index in [0.29, 0.717) is 12.6 Å². The minimum Gasteiger partial charge on any atom is -0.444 e. The zero-order valence-electron chi connectivity index (χ0n) is 14.7. The summed E-state index contributed by atoms with van der Waals surface area (Å²) in [5, 5.41) is 3.63. The fourth-order valence-electron chi connectivity index (χ4n) is 3.02. The van der Waals surface area contributed by atoms with Crippen LogP contribution in [-0.4, -0.2) is 39.3 Å². The maximum atomic E-state index is 11.7. The van der Waals surface area contributed by atoms with Crippen molar-refractivity contribution >= 4 is 17.9 Å². The van der Waals surface area contributed by atoms with Crippen molar-refractivity contribution < 1.29 is 9.53 Å². The van der Waals surface area contributed by atoms with Gasteiger partial charge in [-0.25, -0.2) is 9.78 Å². The standard InChI is InChI=1S/C17H29N3O2S/c1-17(2,3)22-16(21)19-10-9-14-11-18-12-20(14)13-5-7-15(23-4)8-6-13/h11-13,15H,5-10H2,1-4H3,(H,19,21). The van der Waals surface area contributed by atoms with Gasteiger partial charge in [0, 0.05) is 36.1 Å². The van der Waals surface area contributed by atoms with Gasteiger partial charge in [0.1, 0.15) is 5.60 Å². The predicted octanol–water partition coefficient (Wildman–Crippen LogP) is 3.80.